The second-order valence-corrected chi connectivity index (χ2v) is 4.68. The van der Waals surface area contributed by atoms with Crippen LogP contribution in [-0.2, 0) is 4.79 Å². The first-order valence-electron chi connectivity index (χ1n) is 5.69. The van der Waals surface area contributed by atoms with E-state index >= 15 is 0 Å². The summed E-state index contributed by atoms with van der Waals surface area (Å²) in [4.78, 5) is 27.8. The molecule has 98 valence electrons. The van der Waals surface area contributed by atoms with Gasteiger partial charge < -0.3 is 0 Å². The maximum Gasteiger partial charge on any atom is 0.270 e. The lowest BCUT2D eigenvalue weighted by atomic mass is 10.2. The number of carbonyl (C=O) groups is 2. The molecule has 19 heavy (non-hydrogen) atoms. The van der Waals surface area contributed by atoms with E-state index in [1.54, 1.807) is 30.3 Å². The van der Waals surface area contributed by atoms with Gasteiger partial charge in [0, 0.05) is 5.56 Å². The van der Waals surface area contributed by atoms with Crippen molar-refractivity contribution >= 4 is 28.7 Å². The lowest BCUT2D eigenvalue weighted by Gasteiger charge is -2.16. The van der Waals surface area contributed by atoms with Crippen molar-refractivity contribution < 1.29 is 9.59 Å². The number of amidine groups is 1. The quantitative estimate of drug-likeness (QED) is 0.846. The zero-order valence-corrected chi connectivity index (χ0v) is 11.0. The fraction of sp³-hybridized carbons (Fsp3) is 0.154. The first-order chi connectivity index (χ1) is 9.22. The van der Waals surface area contributed by atoms with Gasteiger partial charge in [-0.1, -0.05) is 36.0 Å². The van der Waals surface area contributed by atoms with Crippen LogP contribution >= 0.6 is 11.8 Å². The van der Waals surface area contributed by atoms with Crippen molar-refractivity contribution in [3.05, 3.63) is 48.6 Å². The normalized spacial score (nSPS) is 16.7. The van der Waals surface area contributed by atoms with Crippen molar-refractivity contribution in [3.63, 3.8) is 0 Å². The Balaban J connectivity index is 2.10. The van der Waals surface area contributed by atoms with Crippen LogP contribution in [0.15, 0.2) is 48.0 Å². The van der Waals surface area contributed by atoms with Crippen molar-refractivity contribution in [2.45, 2.75) is 0 Å². The molecule has 0 atom stereocenters. The lowest BCUT2D eigenvalue weighted by Crippen LogP contribution is -2.45. The number of aliphatic imine (C=N–C) groups is 1. The molecule has 0 spiro atoms. The van der Waals surface area contributed by atoms with E-state index in [1.807, 2.05) is 6.07 Å². The second-order valence-electron chi connectivity index (χ2n) is 3.74. The number of rotatable bonds is 4. The van der Waals surface area contributed by atoms with Crippen LogP contribution in [0.5, 0.6) is 0 Å². The summed E-state index contributed by atoms with van der Waals surface area (Å²) >= 11 is 1.30. The molecule has 0 aliphatic carbocycles. The van der Waals surface area contributed by atoms with E-state index in [0.29, 0.717) is 17.3 Å². The van der Waals surface area contributed by atoms with Gasteiger partial charge in [-0.25, -0.2) is 0 Å². The van der Waals surface area contributed by atoms with E-state index in [9.17, 15) is 9.59 Å². The predicted molar refractivity (Wildman–Crippen MR) is 75.7 cm³/mol. The highest BCUT2D eigenvalue weighted by molar-refractivity contribution is 8.15. The van der Waals surface area contributed by atoms with Crippen LogP contribution in [0.2, 0.25) is 0 Å². The molecule has 0 saturated carbocycles. The molecule has 5 nitrogen and oxygen atoms in total. The van der Waals surface area contributed by atoms with Crippen LogP contribution in [-0.4, -0.2) is 34.3 Å². The van der Waals surface area contributed by atoms with Crippen molar-refractivity contribution in [2.24, 2.45) is 4.99 Å². The molecule has 0 radical (unpaired) electrons. The SMILES string of the molecule is C=CCN=C1SCC(=O)N1NC(=O)c1ccccc1. The summed E-state index contributed by atoms with van der Waals surface area (Å²) in [5.74, 6) is -0.231. The molecule has 1 aromatic rings. The molecule has 2 amide bonds. The predicted octanol–water partition coefficient (Wildman–Crippen LogP) is 1.45. The first-order valence-corrected chi connectivity index (χ1v) is 6.68. The van der Waals surface area contributed by atoms with Crippen molar-refractivity contribution in [2.75, 3.05) is 12.3 Å². The maximum atomic E-state index is 12.0. The number of hydrogen-bond donors (Lipinski definition) is 1. The summed E-state index contributed by atoms with van der Waals surface area (Å²) in [6, 6.07) is 8.72. The number of nitrogens with zero attached hydrogens (tertiary/aromatic N) is 2. The van der Waals surface area contributed by atoms with Gasteiger partial charge in [0.15, 0.2) is 5.17 Å². The van der Waals surface area contributed by atoms with Gasteiger partial charge in [0.05, 0.1) is 12.3 Å². The molecule has 1 aromatic carbocycles. The van der Waals surface area contributed by atoms with Gasteiger partial charge in [-0.2, -0.15) is 5.01 Å². The zero-order chi connectivity index (χ0) is 13.7. The molecule has 6 heteroatoms. The summed E-state index contributed by atoms with van der Waals surface area (Å²) in [5, 5.41) is 1.69. The maximum absolute atomic E-state index is 12.0. The molecule has 1 aliphatic rings. The number of hydrazine groups is 1. The Kier molecular flexibility index (Phi) is 4.35. The number of hydrogen-bond acceptors (Lipinski definition) is 4. The van der Waals surface area contributed by atoms with E-state index in [1.165, 1.54) is 16.8 Å². The van der Waals surface area contributed by atoms with Crippen LogP contribution in [0.4, 0.5) is 0 Å². The van der Waals surface area contributed by atoms with E-state index in [2.05, 4.69) is 17.0 Å². The van der Waals surface area contributed by atoms with Gasteiger partial charge >= 0.3 is 0 Å². The molecule has 2 rings (SSSR count). The van der Waals surface area contributed by atoms with Crippen LogP contribution in [0.3, 0.4) is 0 Å². The van der Waals surface area contributed by atoms with E-state index in [4.69, 9.17) is 0 Å². The van der Waals surface area contributed by atoms with Crippen LogP contribution < -0.4 is 5.43 Å². The van der Waals surface area contributed by atoms with Crippen LogP contribution in [0.25, 0.3) is 0 Å². The third-order valence-corrected chi connectivity index (χ3v) is 3.33. The fourth-order valence-corrected chi connectivity index (χ4v) is 2.31. The third-order valence-electron chi connectivity index (χ3n) is 2.37. The summed E-state index contributed by atoms with van der Waals surface area (Å²) < 4.78 is 0. The summed E-state index contributed by atoms with van der Waals surface area (Å²) in [7, 11) is 0. The Morgan fingerprint density at radius 1 is 1.47 bits per heavy atom. The van der Waals surface area contributed by atoms with Crippen molar-refractivity contribution in [3.8, 4) is 0 Å². The second kappa shape index (κ2) is 6.19. The molecule has 0 aromatic heterocycles. The average Bonchev–Trinajstić information content (AvgIpc) is 2.78. The van der Waals surface area contributed by atoms with E-state index < -0.39 is 0 Å². The molecular formula is C13H13N3O2S. The minimum atomic E-state index is -0.331. The smallest absolute Gasteiger partial charge is 0.270 e. The van der Waals surface area contributed by atoms with Gasteiger partial charge in [-0.15, -0.1) is 6.58 Å². The van der Waals surface area contributed by atoms with Gasteiger partial charge in [-0.05, 0) is 12.1 Å². The number of thioether (sulfide) groups is 1. The Labute approximate surface area is 115 Å². The lowest BCUT2D eigenvalue weighted by molar-refractivity contribution is -0.125. The molecule has 1 heterocycles. The van der Waals surface area contributed by atoms with Crippen LogP contribution in [0.1, 0.15) is 10.4 Å². The molecule has 1 aliphatic heterocycles. The van der Waals surface area contributed by atoms with Gasteiger partial charge in [0.1, 0.15) is 0 Å². The monoisotopic (exact) mass is 275 g/mol. The fourth-order valence-electron chi connectivity index (χ4n) is 1.49. The summed E-state index contributed by atoms with van der Waals surface area (Å²) in [6.45, 7) is 3.98. The first kappa shape index (κ1) is 13.4. The number of amides is 2. The van der Waals surface area contributed by atoms with E-state index in [-0.39, 0.29) is 17.6 Å². The van der Waals surface area contributed by atoms with Gasteiger partial charge in [0.25, 0.3) is 11.8 Å². The molecule has 1 N–H and O–H groups in total. The topological polar surface area (TPSA) is 61.8 Å². The molecule has 1 fully saturated rings. The molecular weight excluding hydrogens is 262 g/mol. The summed E-state index contributed by atoms with van der Waals surface area (Å²) in [5.41, 5.74) is 3.06. The highest BCUT2D eigenvalue weighted by Crippen LogP contribution is 2.17. The third kappa shape index (κ3) is 3.23. The standard InChI is InChI=1S/C13H13N3O2S/c1-2-8-14-13-16(11(17)9-19-13)15-12(18)10-6-4-3-5-7-10/h2-7H,1,8-9H2,(H,15,18). The number of carbonyl (C=O) groups excluding carboxylic acids is 2. The van der Waals surface area contributed by atoms with Crippen LogP contribution in [0, 0.1) is 0 Å². The molecule has 1 saturated heterocycles. The minimum Gasteiger partial charge on any atom is -0.272 e. The zero-order valence-electron chi connectivity index (χ0n) is 10.2. The van der Waals surface area contributed by atoms with Crippen molar-refractivity contribution in [1.29, 1.82) is 0 Å². The highest BCUT2D eigenvalue weighted by Gasteiger charge is 2.29. The average molecular weight is 275 g/mol. The Hall–Kier alpha value is -2.08. The number of nitrogens with one attached hydrogen (secondary N) is 1. The Morgan fingerprint density at radius 3 is 2.89 bits per heavy atom. The van der Waals surface area contributed by atoms with Gasteiger partial charge in [0.2, 0.25) is 0 Å². The van der Waals surface area contributed by atoms with E-state index in [0.717, 1.165) is 0 Å². The Bertz CT molecular complexity index is 528. The molecule has 0 unspecified atom stereocenters. The summed E-state index contributed by atoms with van der Waals surface area (Å²) in [6.07, 6.45) is 1.63. The van der Waals surface area contributed by atoms with Crippen molar-refractivity contribution in [1.82, 2.24) is 10.4 Å². The minimum absolute atomic E-state index is 0.183. The van der Waals surface area contributed by atoms with Gasteiger partial charge in [-0.3, -0.25) is 20.0 Å². The highest BCUT2D eigenvalue weighted by atomic mass is 32.2. The molecule has 0 bridgehead atoms. The Morgan fingerprint density at radius 2 is 2.21 bits per heavy atom. The largest absolute Gasteiger partial charge is 0.272 e. The number of benzene rings is 1.